The van der Waals surface area contributed by atoms with Gasteiger partial charge in [0.25, 0.3) is 0 Å². The lowest BCUT2D eigenvalue weighted by Gasteiger charge is -2.34. The van der Waals surface area contributed by atoms with Crippen LogP contribution >= 0.6 is 0 Å². The average Bonchev–Trinajstić information content (AvgIpc) is 2.80. The molecule has 3 heteroatoms. The van der Waals surface area contributed by atoms with Crippen molar-refractivity contribution in [2.24, 2.45) is 5.92 Å². The molecule has 0 heterocycles. The first-order chi connectivity index (χ1) is 14.6. The Bertz CT molecular complexity index is 931. The molecule has 0 bridgehead atoms. The lowest BCUT2D eigenvalue weighted by atomic mass is 9.76. The van der Waals surface area contributed by atoms with Crippen LogP contribution < -0.4 is 5.32 Å². The topological polar surface area (TPSA) is 32.3 Å². The van der Waals surface area contributed by atoms with Crippen molar-refractivity contribution in [3.8, 4) is 0 Å². The van der Waals surface area contributed by atoms with Crippen molar-refractivity contribution in [1.82, 2.24) is 10.2 Å². The standard InChI is InChI=1S/C27H30N2O/c1-20-24(18-17-21-11-9-10-16-25(20)21)19-29(2)27(30)28-26(22-12-5-3-6-13-22)23-14-7-4-8-15-23/h3-16,20,24,26H,17-19H2,1-2H3,(H,28,30). The van der Waals surface area contributed by atoms with Gasteiger partial charge in [-0.3, -0.25) is 0 Å². The van der Waals surface area contributed by atoms with Gasteiger partial charge in [-0.15, -0.1) is 0 Å². The van der Waals surface area contributed by atoms with Crippen molar-refractivity contribution in [1.29, 1.82) is 0 Å². The predicted octanol–water partition coefficient (Wildman–Crippen LogP) is 5.78. The van der Waals surface area contributed by atoms with E-state index >= 15 is 0 Å². The summed E-state index contributed by atoms with van der Waals surface area (Å²) in [6.45, 7) is 3.06. The van der Waals surface area contributed by atoms with Gasteiger partial charge in [-0.2, -0.15) is 0 Å². The second-order valence-electron chi connectivity index (χ2n) is 8.37. The molecule has 0 saturated heterocycles. The van der Waals surface area contributed by atoms with E-state index in [9.17, 15) is 4.79 Å². The van der Waals surface area contributed by atoms with Crippen LogP contribution in [0.1, 0.15) is 47.6 Å². The number of aryl methyl sites for hydroxylation is 1. The Morgan fingerprint density at radius 1 is 0.933 bits per heavy atom. The first-order valence-corrected chi connectivity index (χ1v) is 10.8. The molecule has 1 aliphatic carbocycles. The van der Waals surface area contributed by atoms with Crippen LogP contribution in [0.2, 0.25) is 0 Å². The van der Waals surface area contributed by atoms with Gasteiger partial charge in [-0.25, -0.2) is 4.79 Å². The van der Waals surface area contributed by atoms with Crippen molar-refractivity contribution in [2.75, 3.05) is 13.6 Å². The highest BCUT2D eigenvalue weighted by Gasteiger charge is 2.28. The van der Waals surface area contributed by atoms with Crippen molar-refractivity contribution in [2.45, 2.75) is 31.7 Å². The molecule has 1 N–H and O–H groups in total. The van der Waals surface area contributed by atoms with E-state index in [1.54, 1.807) is 0 Å². The van der Waals surface area contributed by atoms with E-state index in [1.807, 2.05) is 48.3 Å². The molecular weight excluding hydrogens is 368 g/mol. The first kappa shape index (κ1) is 20.2. The van der Waals surface area contributed by atoms with Gasteiger partial charge in [0.2, 0.25) is 0 Å². The third-order valence-corrected chi connectivity index (χ3v) is 6.43. The molecule has 0 fully saturated rings. The normalized spacial score (nSPS) is 18.0. The lowest BCUT2D eigenvalue weighted by Crippen LogP contribution is -2.43. The zero-order valence-corrected chi connectivity index (χ0v) is 17.8. The molecule has 1 aliphatic rings. The van der Waals surface area contributed by atoms with Crippen molar-refractivity contribution >= 4 is 6.03 Å². The summed E-state index contributed by atoms with van der Waals surface area (Å²) < 4.78 is 0. The van der Waals surface area contributed by atoms with E-state index in [2.05, 4.69) is 60.8 Å². The number of rotatable bonds is 5. The maximum atomic E-state index is 13.1. The molecule has 2 amide bonds. The van der Waals surface area contributed by atoms with Crippen LogP contribution in [0, 0.1) is 5.92 Å². The average molecular weight is 399 g/mol. The summed E-state index contributed by atoms with van der Waals surface area (Å²) in [6, 6.07) is 28.9. The number of nitrogens with zero attached hydrogens (tertiary/aromatic N) is 1. The van der Waals surface area contributed by atoms with Gasteiger partial charge in [-0.1, -0.05) is 91.9 Å². The maximum absolute atomic E-state index is 13.1. The van der Waals surface area contributed by atoms with E-state index in [4.69, 9.17) is 0 Å². The van der Waals surface area contributed by atoms with Crippen molar-refractivity contribution in [3.63, 3.8) is 0 Å². The van der Waals surface area contributed by atoms with Crippen LogP contribution in [0.15, 0.2) is 84.9 Å². The van der Waals surface area contributed by atoms with Crippen LogP contribution in [0.3, 0.4) is 0 Å². The van der Waals surface area contributed by atoms with Crippen LogP contribution in [0.4, 0.5) is 4.79 Å². The van der Waals surface area contributed by atoms with Gasteiger partial charge in [0.1, 0.15) is 0 Å². The summed E-state index contributed by atoms with van der Waals surface area (Å²) in [4.78, 5) is 15.0. The number of nitrogens with one attached hydrogen (secondary N) is 1. The first-order valence-electron chi connectivity index (χ1n) is 10.8. The SMILES string of the molecule is CC1c2ccccc2CCC1CN(C)C(=O)NC(c1ccccc1)c1ccccc1. The molecule has 154 valence electrons. The fourth-order valence-corrected chi connectivity index (χ4v) is 4.62. The van der Waals surface area contributed by atoms with Gasteiger partial charge < -0.3 is 10.2 Å². The molecule has 0 aliphatic heterocycles. The second-order valence-corrected chi connectivity index (χ2v) is 8.37. The Hall–Kier alpha value is -3.07. The lowest BCUT2D eigenvalue weighted by molar-refractivity contribution is 0.191. The van der Waals surface area contributed by atoms with Gasteiger partial charge >= 0.3 is 6.03 Å². The van der Waals surface area contributed by atoms with Gasteiger partial charge in [-0.05, 0) is 46.9 Å². The summed E-state index contributed by atoms with van der Waals surface area (Å²) in [5, 5.41) is 3.26. The summed E-state index contributed by atoms with van der Waals surface area (Å²) in [6.07, 6.45) is 2.22. The van der Waals surface area contributed by atoms with Crippen LogP contribution in [0.5, 0.6) is 0 Å². The molecule has 3 aromatic rings. The molecule has 0 saturated carbocycles. The minimum absolute atomic E-state index is 0.0289. The summed E-state index contributed by atoms with van der Waals surface area (Å²) in [7, 11) is 1.91. The second kappa shape index (κ2) is 9.17. The van der Waals surface area contributed by atoms with Gasteiger partial charge in [0, 0.05) is 13.6 Å². The highest BCUT2D eigenvalue weighted by atomic mass is 16.2. The fraction of sp³-hybridized carbons (Fsp3) is 0.296. The zero-order valence-electron chi connectivity index (χ0n) is 17.8. The molecule has 2 atom stereocenters. The molecule has 3 aromatic carbocycles. The van der Waals surface area contributed by atoms with E-state index < -0.39 is 0 Å². The van der Waals surface area contributed by atoms with Crippen LogP contribution in [-0.4, -0.2) is 24.5 Å². The summed E-state index contributed by atoms with van der Waals surface area (Å²) in [5.74, 6) is 0.937. The Morgan fingerprint density at radius 3 is 2.13 bits per heavy atom. The Morgan fingerprint density at radius 2 is 1.50 bits per heavy atom. The molecule has 2 unspecified atom stereocenters. The zero-order chi connectivity index (χ0) is 20.9. The number of urea groups is 1. The summed E-state index contributed by atoms with van der Waals surface area (Å²) >= 11 is 0. The predicted molar refractivity (Wildman–Crippen MR) is 123 cm³/mol. The largest absolute Gasteiger partial charge is 0.328 e. The molecule has 0 radical (unpaired) electrons. The summed E-state index contributed by atoms with van der Waals surface area (Å²) in [5.41, 5.74) is 5.08. The Balaban J connectivity index is 1.47. The number of carbonyl (C=O) groups excluding carboxylic acids is 1. The van der Waals surface area contributed by atoms with Crippen LogP contribution in [0.25, 0.3) is 0 Å². The number of hydrogen-bond donors (Lipinski definition) is 1. The van der Waals surface area contributed by atoms with E-state index in [0.717, 1.165) is 30.5 Å². The van der Waals surface area contributed by atoms with Gasteiger partial charge in [0.15, 0.2) is 0 Å². The smallest absolute Gasteiger partial charge is 0.317 e. The monoisotopic (exact) mass is 398 g/mol. The number of carbonyl (C=O) groups is 1. The van der Waals surface area contributed by atoms with E-state index in [-0.39, 0.29) is 12.1 Å². The molecule has 4 rings (SSSR count). The van der Waals surface area contributed by atoms with Crippen molar-refractivity contribution < 1.29 is 4.79 Å². The van der Waals surface area contributed by atoms with Gasteiger partial charge in [0.05, 0.1) is 6.04 Å². The fourth-order valence-electron chi connectivity index (χ4n) is 4.62. The third-order valence-electron chi connectivity index (χ3n) is 6.43. The Labute approximate surface area is 179 Å². The number of fused-ring (bicyclic) bond motifs is 1. The minimum atomic E-state index is -0.160. The number of hydrogen-bond acceptors (Lipinski definition) is 1. The molecule has 0 aromatic heterocycles. The molecule has 0 spiro atoms. The highest BCUT2D eigenvalue weighted by molar-refractivity contribution is 5.75. The Kier molecular flexibility index (Phi) is 6.18. The van der Waals surface area contributed by atoms with E-state index in [1.165, 1.54) is 11.1 Å². The van der Waals surface area contributed by atoms with Crippen molar-refractivity contribution in [3.05, 3.63) is 107 Å². The van der Waals surface area contributed by atoms with Crippen LogP contribution in [-0.2, 0) is 6.42 Å². The molecular formula is C27H30N2O. The highest BCUT2D eigenvalue weighted by Crippen LogP contribution is 2.36. The maximum Gasteiger partial charge on any atom is 0.317 e. The molecule has 30 heavy (non-hydrogen) atoms. The minimum Gasteiger partial charge on any atom is -0.328 e. The number of benzene rings is 3. The van der Waals surface area contributed by atoms with E-state index in [0.29, 0.717) is 11.8 Å². The molecule has 3 nitrogen and oxygen atoms in total. The third kappa shape index (κ3) is 4.40. The quantitative estimate of drug-likeness (QED) is 0.580. The number of amides is 2.